The minimum Gasteiger partial charge on any atom is -0.391 e. The summed E-state index contributed by atoms with van der Waals surface area (Å²) in [5.74, 6) is 0.0860. The Balaban J connectivity index is 1.80. The third-order valence-corrected chi connectivity index (χ3v) is 4.75. The van der Waals surface area contributed by atoms with Gasteiger partial charge in [0.15, 0.2) is 0 Å². The smallest absolute Gasteiger partial charge is 0.391 e. The van der Waals surface area contributed by atoms with Crippen LogP contribution in [0.25, 0.3) is 0 Å². The molecular weight excluding hydrogens is 319 g/mol. The Kier molecular flexibility index (Phi) is 4.67. The fraction of sp³-hybridized carbons (Fsp3) is 0.500. The molecule has 1 saturated heterocycles. The highest BCUT2D eigenvalue weighted by Gasteiger charge is 2.37. The van der Waals surface area contributed by atoms with Gasteiger partial charge in [-0.05, 0) is 42.9 Å². The van der Waals surface area contributed by atoms with Crippen molar-refractivity contribution < 1.29 is 23.1 Å². The van der Waals surface area contributed by atoms with E-state index in [1.54, 1.807) is 6.07 Å². The summed E-state index contributed by atoms with van der Waals surface area (Å²) in [7, 11) is 0. The molecule has 3 atom stereocenters. The Bertz CT molecular complexity index is 641. The molecule has 130 valence electrons. The van der Waals surface area contributed by atoms with Crippen LogP contribution in [0.4, 0.5) is 13.2 Å². The van der Waals surface area contributed by atoms with Crippen LogP contribution in [0.3, 0.4) is 0 Å². The number of benzene rings is 1. The van der Waals surface area contributed by atoms with Crippen LogP contribution in [-0.4, -0.2) is 28.6 Å². The van der Waals surface area contributed by atoms with E-state index in [2.05, 4.69) is 0 Å². The molecule has 1 aromatic rings. The van der Waals surface area contributed by atoms with Crippen molar-refractivity contribution in [2.24, 2.45) is 5.92 Å². The number of carbonyl (C=O) groups excluding carboxylic acids is 1. The summed E-state index contributed by atoms with van der Waals surface area (Å²) in [6.07, 6.45) is 1.44. The topological polar surface area (TPSA) is 40.5 Å². The average molecular weight is 339 g/mol. The van der Waals surface area contributed by atoms with Gasteiger partial charge in [-0.2, -0.15) is 13.2 Å². The first-order valence-electron chi connectivity index (χ1n) is 8.16. The first-order valence-corrected chi connectivity index (χ1v) is 8.16. The summed E-state index contributed by atoms with van der Waals surface area (Å²) in [6.45, 7) is 0.177. The molecule has 1 aliphatic carbocycles. The zero-order chi connectivity index (χ0) is 17.3. The number of allylic oxidation sites excluding steroid dienone is 2. The number of halogens is 3. The third kappa shape index (κ3) is 3.64. The molecule has 2 aliphatic rings. The van der Waals surface area contributed by atoms with Gasteiger partial charge in [0.1, 0.15) is 0 Å². The largest absolute Gasteiger partial charge is 0.416 e. The fourth-order valence-corrected chi connectivity index (χ4v) is 3.53. The Hall–Kier alpha value is -1.82. The van der Waals surface area contributed by atoms with Gasteiger partial charge < -0.3 is 10.0 Å². The zero-order valence-corrected chi connectivity index (χ0v) is 13.2. The molecule has 3 nitrogen and oxygen atoms in total. The van der Waals surface area contributed by atoms with E-state index >= 15 is 0 Å². The summed E-state index contributed by atoms with van der Waals surface area (Å²) < 4.78 is 38.8. The average Bonchev–Trinajstić information content (AvgIpc) is 3.16. The molecule has 1 aliphatic heterocycles. The summed E-state index contributed by atoms with van der Waals surface area (Å²) in [4.78, 5) is 14.1. The van der Waals surface area contributed by atoms with Gasteiger partial charge in [-0.1, -0.05) is 24.3 Å². The van der Waals surface area contributed by atoms with Crippen molar-refractivity contribution in [1.82, 2.24) is 4.90 Å². The van der Waals surface area contributed by atoms with Crippen molar-refractivity contribution in [1.29, 1.82) is 0 Å². The van der Waals surface area contributed by atoms with E-state index in [0.717, 1.165) is 25.0 Å². The van der Waals surface area contributed by atoms with Crippen LogP contribution in [0.5, 0.6) is 0 Å². The lowest BCUT2D eigenvalue weighted by molar-refractivity contribution is -0.137. The van der Waals surface area contributed by atoms with Crippen LogP contribution < -0.4 is 0 Å². The number of aliphatic hydroxyl groups excluding tert-OH is 1. The number of carbonyl (C=O) groups is 1. The van der Waals surface area contributed by atoms with Crippen molar-refractivity contribution in [2.45, 2.75) is 44.0 Å². The Morgan fingerprint density at radius 1 is 1.33 bits per heavy atom. The molecule has 3 rings (SSSR count). The zero-order valence-electron chi connectivity index (χ0n) is 13.2. The number of alkyl halides is 3. The second-order valence-corrected chi connectivity index (χ2v) is 6.54. The van der Waals surface area contributed by atoms with Gasteiger partial charge >= 0.3 is 6.18 Å². The van der Waals surface area contributed by atoms with Crippen LogP contribution in [0.15, 0.2) is 36.4 Å². The molecule has 6 heteroatoms. The van der Waals surface area contributed by atoms with Crippen molar-refractivity contribution >= 4 is 5.91 Å². The molecule has 0 bridgehead atoms. The quantitative estimate of drug-likeness (QED) is 0.853. The maximum Gasteiger partial charge on any atom is 0.416 e. The summed E-state index contributed by atoms with van der Waals surface area (Å²) in [6, 6.07) is 4.54. The summed E-state index contributed by atoms with van der Waals surface area (Å²) in [5, 5.41) is 9.94. The normalized spacial score (nSPS) is 27.0. The van der Waals surface area contributed by atoms with Crippen molar-refractivity contribution in [2.75, 3.05) is 6.54 Å². The maximum absolute atomic E-state index is 12.9. The lowest BCUT2D eigenvalue weighted by atomic mass is 9.99. The molecule has 1 amide bonds. The lowest BCUT2D eigenvalue weighted by Crippen LogP contribution is -2.32. The second-order valence-electron chi connectivity index (χ2n) is 6.54. The highest BCUT2D eigenvalue weighted by atomic mass is 19.4. The number of β-amino-alcohol motifs (C(OH)–C–C–N with tert-alkyl or cyclic N) is 1. The van der Waals surface area contributed by atoms with Crippen LogP contribution in [0, 0.1) is 5.92 Å². The van der Waals surface area contributed by atoms with E-state index in [0.29, 0.717) is 12.0 Å². The highest BCUT2D eigenvalue weighted by molar-refractivity contribution is 5.77. The molecule has 0 radical (unpaired) electrons. The van der Waals surface area contributed by atoms with Crippen LogP contribution in [0.2, 0.25) is 0 Å². The fourth-order valence-electron chi connectivity index (χ4n) is 3.53. The monoisotopic (exact) mass is 339 g/mol. The highest BCUT2D eigenvalue weighted by Crippen LogP contribution is 2.37. The number of nitrogens with zero attached hydrogens (tertiary/aromatic N) is 1. The Labute approximate surface area is 138 Å². The lowest BCUT2D eigenvalue weighted by Gasteiger charge is -2.26. The molecule has 1 heterocycles. The summed E-state index contributed by atoms with van der Waals surface area (Å²) >= 11 is 0. The molecule has 0 spiro atoms. The maximum atomic E-state index is 12.9. The number of hydrogen-bond acceptors (Lipinski definition) is 2. The van der Waals surface area contributed by atoms with Gasteiger partial charge in [0.2, 0.25) is 5.91 Å². The Morgan fingerprint density at radius 3 is 2.79 bits per heavy atom. The van der Waals surface area contributed by atoms with E-state index in [1.807, 2.05) is 12.2 Å². The van der Waals surface area contributed by atoms with E-state index in [4.69, 9.17) is 0 Å². The third-order valence-electron chi connectivity index (χ3n) is 4.75. The van der Waals surface area contributed by atoms with Gasteiger partial charge in [0.25, 0.3) is 0 Å². The molecule has 0 saturated carbocycles. The predicted molar refractivity (Wildman–Crippen MR) is 83.0 cm³/mol. The molecule has 1 N–H and O–H groups in total. The number of rotatable bonds is 3. The molecular formula is C18H20F3NO2. The van der Waals surface area contributed by atoms with Crippen LogP contribution >= 0.6 is 0 Å². The minimum absolute atomic E-state index is 0.106. The van der Waals surface area contributed by atoms with Crippen LogP contribution in [-0.2, 0) is 11.0 Å². The molecule has 0 aromatic heterocycles. The molecule has 1 fully saturated rings. The van der Waals surface area contributed by atoms with Crippen molar-refractivity contribution in [3.63, 3.8) is 0 Å². The number of aliphatic hydroxyl groups is 1. The second kappa shape index (κ2) is 6.59. The standard InChI is InChI=1S/C18H20F3NO2/c19-18(20,21)14-7-3-6-13(9-14)16-10-15(23)11-22(16)17(24)8-12-4-1-2-5-12/h1,3-4,6-7,9,12,15-16,23H,2,5,8,10-11H2. The van der Waals surface area contributed by atoms with Gasteiger partial charge in [0, 0.05) is 13.0 Å². The molecule has 24 heavy (non-hydrogen) atoms. The number of amides is 1. The molecule has 3 unspecified atom stereocenters. The van der Waals surface area contributed by atoms with Gasteiger partial charge in [-0.25, -0.2) is 0 Å². The van der Waals surface area contributed by atoms with Crippen molar-refractivity contribution in [3.05, 3.63) is 47.5 Å². The van der Waals surface area contributed by atoms with E-state index in [9.17, 15) is 23.1 Å². The first kappa shape index (κ1) is 17.0. The van der Waals surface area contributed by atoms with Gasteiger partial charge in [-0.3, -0.25) is 4.79 Å². The van der Waals surface area contributed by atoms with E-state index in [-0.39, 0.29) is 24.8 Å². The van der Waals surface area contributed by atoms with Gasteiger partial charge in [-0.15, -0.1) is 0 Å². The number of hydrogen-bond donors (Lipinski definition) is 1. The Morgan fingerprint density at radius 2 is 2.12 bits per heavy atom. The van der Waals surface area contributed by atoms with E-state index < -0.39 is 23.9 Å². The summed E-state index contributed by atoms with van der Waals surface area (Å²) in [5.41, 5.74) is -0.302. The minimum atomic E-state index is -4.42. The van der Waals surface area contributed by atoms with Crippen molar-refractivity contribution in [3.8, 4) is 0 Å². The van der Waals surface area contributed by atoms with E-state index in [1.165, 1.54) is 11.0 Å². The predicted octanol–water partition coefficient (Wildman–Crippen LogP) is 3.70. The van der Waals surface area contributed by atoms with Gasteiger partial charge in [0.05, 0.1) is 17.7 Å². The SMILES string of the molecule is O=C(CC1C=CCC1)N1CC(O)CC1c1cccc(C(F)(F)F)c1. The molecule has 1 aromatic carbocycles. The van der Waals surface area contributed by atoms with Crippen LogP contribution in [0.1, 0.15) is 42.9 Å². The number of likely N-dealkylation sites (tertiary alicyclic amines) is 1. The first-order chi connectivity index (χ1) is 11.3.